The van der Waals surface area contributed by atoms with Crippen molar-refractivity contribution in [2.75, 3.05) is 41.8 Å². The first-order valence-corrected chi connectivity index (χ1v) is 9.12. The van der Waals surface area contributed by atoms with Gasteiger partial charge in [-0.05, 0) is 66.1 Å². The molecule has 24 heavy (non-hydrogen) atoms. The fourth-order valence-corrected chi connectivity index (χ4v) is 3.26. The van der Waals surface area contributed by atoms with Gasteiger partial charge in [-0.3, -0.25) is 0 Å². The molecule has 0 aliphatic carbocycles. The van der Waals surface area contributed by atoms with E-state index in [0.29, 0.717) is 24.4 Å². The monoisotopic (exact) mass is 440 g/mol. The number of nitrogens with one attached hydrogen (secondary N) is 2. The molecule has 0 bridgehead atoms. The molecule has 1 aliphatic heterocycles. The van der Waals surface area contributed by atoms with E-state index in [1.165, 1.54) is 3.57 Å². The summed E-state index contributed by atoms with van der Waals surface area (Å²) in [6.45, 7) is 4.42. The van der Waals surface area contributed by atoms with Gasteiger partial charge in [0.1, 0.15) is 0 Å². The van der Waals surface area contributed by atoms with Crippen LogP contribution in [0.25, 0.3) is 0 Å². The SMILES string of the molecule is Cc1cc(I)ccc1Nc1nc(NCCO)nc(N2CCCC2)n1. The quantitative estimate of drug-likeness (QED) is 0.596. The molecule has 0 radical (unpaired) electrons. The van der Waals surface area contributed by atoms with Gasteiger partial charge >= 0.3 is 0 Å². The van der Waals surface area contributed by atoms with E-state index in [9.17, 15) is 0 Å². The average molecular weight is 440 g/mol. The zero-order valence-corrected chi connectivity index (χ0v) is 15.7. The first kappa shape index (κ1) is 17.2. The third-order valence-corrected chi connectivity index (χ3v) is 4.51. The number of rotatable bonds is 6. The molecule has 1 aromatic heterocycles. The number of nitrogens with zero attached hydrogens (tertiary/aromatic N) is 4. The molecule has 7 nitrogen and oxygen atoms in total. The van der Waals surface area contributed by atoms with E-state index in [-0.39, 0.29) is 6.61 Å². The summed E-state index contributed by atoms with van der Waals surface area (Å²) < 4.78 is 1.19. The van der Waals surface area contributed by atoms with Crippen LogP contribution in [0.1, 0.15) is 18.4 Å². The Bertz CT molecular complexity index is 705. The molecule has 0 unspecified atom stereocenters. The molecule has 0 atom stereocenters. The van der Waals surface area contributed by atoms with Crippen molar-refractivity contribution in [2.24, 2.45) is 0 Å². The molecule has 0 amide bonds. The molecule has 1 fully saturated rings. The van der Waals surface area contributed by atoms with Gasteiger partial charge in [-0.1, -0.05) is 0 Å². The lowest BCUT2D eigenvalue weighted by molar-refractivity contribution is 0.311. The Hall–Kier alpha value is -1.68. The van der Waals surface area contributed by atoms with Crippen molar-refractivity contribution in [3.05, 3.63) is 27.3 Å². The van der Waals surface area contributed by atoms with Gasteiger partial charge in [0.15, 0.2) is 0 Å². The van der Waals surface area contributed by atoms with Gasteiger partial charge in [0.05, 0.1) is 6.61 Å². The molecular formula is C16H21IN6O. The smallest absolute Gasteiger partial charge is 0.233 e. The number of halogens is 1. The predicted octanol–water partition coefficient (Wildman–Crippen LogP) is 2.53. The third kappa shape index (κ3) is 4.23. The number of anilines is 4. The minimum atomic E-state index is 0.0315. The normalized spacial score (nSPS) is 14.0. The molecular weight excluding hydrogens is 419 g/mol. The van der Waals surface area contributed by atoms with E-state index < -0.39 is 0 Å². The van der Waals surface area contributed by atoms with Gasteiger partial charge in [-0.25, -0.2) is 0 Å². The van der Waals surface area contributed by atoms with Crippen LogP contribution in [0.4, 0.5) is 23.5 Å². The van der Waals surface area contributed by atoms with E-state index in [0.717, 1.165) is 37.2 Å². The maximum absolute atomic E-state index is 9.01. The van der Waals surface area contributed by atoms with Gasteiger partial charge in [-0.15, -0.1) is 0 Å². The van der Waals surface area contributed by atoms with Crippen LogP contribution >= 0.6 is 22.6 Å². The summed E-state index contributed by atoms with van der Waals surface area (Å²) in [5.41, 5.74) is 2.11. The van der Waals surface area contributed by atoms with Gasteiger partial charge < -0.3 is 20.6 Å². The van der Waals surface area contributed by atoms with Crippen LogP contribution in [-0.2, 0) is 0 Å². The standard InChI is InChI=1S/C16H21IN6O/c1-11-10-12(17)4-5-13(11)19-15-20-14(18-6-9-24)21-16(22-15)23-7-2-3-8-23/h4-5,10,24H,2-3,6-9H2,1H3,(H2,18,19,20,21,22). The zero-order chi connectivity index (χ0) is 16.9. The second-order valence-electron chi connectivity index (χ2n) is 5.71. The predicted molar refractivity (Wildman–Crippen MR) is 104 cm³/mol. The van der Waals surface area contributed by atoms with Crippen molar-refractivity contribution in [1.82, 2.24) is 15.0 Å². The molecule has 3 rings (SSSR count). The lowest BCUT2D eigenvalue weighted by Gasteiger charge is -2.17. The minimum absolute atomic E-state index is 0.0315. The van der Waals surface area contributed by atoms with Crippen LogP contribution in [0.3, 0.4) is 0 Å². The van der Waals surface area contributed by atoms with Crippen molar-refractivity contribution in [1.29, 1.82) is 0 Å². The highest BCUT2D eigenvalue weighted by Gasteiger charge is 2.17. The second kappa shape index (κ2) is 7.93. The Balaban J connectivity index is 1.88. The van der Waals surface area contributed by atoms with Crippen molar-refractivity contribution in [2.45, 2.75) is 19.8 Å². The highest BCUT2D eigenvalue weighted by molar-refractivity contribution is 14.1. The molecule has 2 heterocycles. The second-order valence-corrected chi connectivity index (χ2v) is 6.96. The summed E-state index contributed by atoms with van der Waals surface area (Å²) in [6.07, 6.45) is 2.31. The molecule has 128 valence electrons. The molecule has 8 heteroatoms. The van der Waals surface area contributed by atoms with Crippen LogP contribution < -0.4 is 15.5 Å². The summed E-state index contributed by atoms with van der Waals surface area (Å²) in [5.74, 6) is 1.66. The zero-order valence-electron chi connectivity index (χ0n) is 13.6. The van der Waals surface area contributed by atoms with Crippen molar-refractivity contribution < 1.29 is 5.11 Å². The Kier molecular flexibility index (Phi) is 5.67. The number of benzene rings is 1. The summed E-state index contributed by atoms with van der Waals surface area (Å²) >= 11 is 2.30. The van der Waals surface area contributed by atoms with E-state index in [4.69, 9.17) is 5.11 Å². The van der Waals surface area contributed by atoms with E-state index in [2.05, 4.69) is 66.1 Å². The minimum Gasteiger partial charge on any atom is -0.395 e. The lowest BCUT2D eigenvalue weighted by Crippen LogP contribution is -2.22. The van der Waals surface area contributed by atoms with Crippen molar-refractivity contribution in [3.63, 3.8) is 0 Å². The Labute approximate surface area is 155 Å². The highest BCUT2D eigenvalue weighted by Crippen LogP contribution is 2.23. The number of hydrogen-bond acceptors (Lipinski definition) is 7. The summed E-state index contributed by atoms with van der Waals surface area (Å²) in [5, 5.41) is 15.3. The van der Waals surface area contributed by atoms with Crippen LogP contribution in [0.15, 0.2) is 18.2 Å². The van der Waals surface area contributed by atoms with Crippen LogP contribution in [0.5, 0.6) is 0 Å². The van der Waals surface area contributed by atoms with Crippen molar-refractivity contribution >= 4 is 46.1 Å². The maximum atomic E-state index is 9.01. The Morgan fingerprint density at radius 2 is 1.92 bits per heavy atom. The molecule has 3 N–H and O–H groups in total. The molecule has 0 saturated carbocycles. The molecule has 1 saturated heterocycles. The van der Waals surface area contributed by atoms with E-state index in [1.807, 2.05) is 12.1 Å². The average Bonchev–Trinajstić information content (AvgIpc) is 3.10. The molecule has 2 aromatic rings. The van der Waals surface area contributed by atoms with Crippen LogP contribution in [0.2, 0.25) is 0 Å². The van der Waals surface area contributed by atoms with E-state index in [1.54, 1.807) is 0 Å². The number of aliphatic hydroxyl groups is 1. The van der Waals surface area contributed by atoms with Gasteiger partial charge in [0.25, 0.3) is 0 Å². The topological polar surface area (TPSA) is 86.2 Å². The number of hydrogen-bond donors (Lipinski definition) is 3. The molecule has 1 aromatic carbocycles. The summed E-state index contributed by atoms with van der Waals surface area (Å²) in [6, 6.07) is 6.18. The van der Waals surface area contributed by atoms with E-state index >= 15 is 0 Å². The summed E-state index contributed by atoms with van der Waals surface area (Å²) in [4.78, 5) is 15.6. The lowest BCUT2D eigenvalue weighted by atomic mass is 10.2. The molecule has 0 spiro atoms. The van der Waals surface area contributed by atoms with Crippen LogP contribution in [-0.4, -0.2) is 46.3 Å². The van der Waals surface area contributed by atoms with Gasteiger partial charge in [0, 0.05) is 28.9 Å². The molecule has 1 aliphatic rings. The number of aromatic nitrogens is 3. The third-order valence-electron chi connectivity index (χ3n) is 3.84. The fourth-order valence-electron chi connectivity index (χ4n) is 2.61. The first-order chi connectivity index (χ1) is 11.7. The highest BCUT2D eigenvalue weighted by atomic mass is 127. The first-order valence-electron chi connectivity index (χ1n) is 8.04. The van der Waals surface area contributed by atoms with Crippen molar-refractivity contribution in [3.8, 4) is 0 Å². The van der Waals surface area contributed by atoms with Crippen LogP contribution in [0, 0.1) is 10.5 Å². The fraction of sp³-hybridized carbons (Fsp3) is 0.438. The maximum Gasteiger partial charge on any atom is 0.233 e. The number of aryl methyl sites for hydroxylation is 1. The Morgan fingerprint density at radius 1 is 1.17 bits per heavy atom. The number of aliphatic hydroxyl groups excluding tert-OH is 1. The van der Waals surface area contributed by atoms with Gasteiger partial charge in [0.2, 0.25) is 17.8 Å². The largest absolute Gasteiger partial charge is 0.395 e. The summed E-state index contributed by atoms with van der Waals surface area (Å²) in [7, 11) is 0. The van der Waals surface area contributed by atoms with Gasteiger partial charge in [-0.2, -0.15) is 15.0 Å². The Morgan fingerprint density at radius 3 is 2.62 bits per heavy atom.